The number of rotatable bonds is 6. The van der Waals surface area contributed by atoms with Crippen LogP contribution >= 0.6 is 0 Å². The summed E-state index contributed by atoms with van der Waals surface area (Å²) >= 11 is 0. The van der Waals surface area contributed by atoms with E-state index in [0.717, 1.165) is 27.4 Å². The van der Waals surface area contributed by atoms with Gasteiger partial charge in [-0.3, -0.25) is 4.79 Å². The average molecular weight is 627 g/mol. The van der Waals surface area contributed by atoms with Crippen molar-refractivity contribution in [1.29, 1.82) is 0 Å². The van der Waals surface area contributed by atoms with E-state index in [1.807, 2.05) is 13.0 Å². The van der Waals surface area contributed by atoms with Crippen LogP contribution in [0.15, 0.2) is 88.9 Å². The number of aryl methyl sites for hydroxylation is 1. The Morgan fingerprint density at radius 1 is 0.977 bits per heavy atom. The first-order valence-electron chi connectivity index (χ1n) is 13.6. The minimum atomic E-state index is -4.83. The van der Waals surface area contributed by atoms with Gasteiger partial charge in [-0.2, -0.15) is 13.2 Å². The molecule has 0 spiro atoms. The number of ether oxygens (including phenoxy) is 1. The molecule has 4 heterocycles. The standard InChI is InChI=1S/C31H26F4N4O4S/c1-20-2-5-24(6-3-20)44(41,42)39-19-26(25-16-23(17-36-30(25)39)37-10-12-43-13-11-37)22-8-9-38(29(40)15-22)18-21-4-7-27(28(32)14-21)31(33,34)35/h2-9,14-17,19H,10-13,18H2,1H3. The third-order valence-electron chi connectivity index (χ3n) is 7.55. The zero-order chi connectivity index (χ0) is 31.2. The molecule has 44 heavy (non-hydrogen) atoms. The molecule has 228 valence electrons. The highest BCUT2D eigenvalue weighted by Gasteiger charge is 2.34. The van der Waals surface area contributed by atoms with Gasteiger partial charge in [0, 0.05) is 42.5 Å². The van der Waals surface area contributed by atoms with Crippen molar-refractivity contribution in [3.8, 4) is 11.1 Å². The fourth-order valence-electron chi connectivity index (χ4n) is 5.19. The van der Waals surface area contributed by atoms with Gasteiger partial charge < -0.3 is 14.2 Å². The number of nitrogens with zero attached hydrogens (tertiary/aromatic N) is 4. The Labute approximate surface area is 249 Å². The van der Waals surface area contributed by atoms with Crippen LogP contribution in [-0.2, 0) is 27.5 Å². The van der Waals surface area contributed by atoms with Gasteiger partial charge in [0.2, 0.25) is 0 Å². The normalized spacial score (nSPS) is 14.3. The number of pyridine rings is 2. The summed E-state index contributed by atoms with van der Waals surface area (Å²) in [5, 5.41) is 0.506. The first-order valence-corrected chi connectivity index (χ1v) is 15.1. The van der Waals surface area contributed by atoms with Gasteiger partial charge in [0.15, 0.2) is 5.65 Å². The maximum atomic E-state index is 14.1. The second-order valence-electron chi connectivity index (χ2n) is 10.5. The molecule has 3 aromatic heterocycles. The van der Waals surface area contributed by atoms with Crippen molar-refractivity contribution < 1.29 is 30.7 Å². The zero-order valence-electron chi connectivity index (χ0n) is 23.4. The van der Waals surface area contributed by atoms with E-state index in [0.29, 0.717) is 48.9 Å². The van der Waals surface area contributed by atoms with Crippen LogP contribution < -0.4 is 10.5 Å². The monoisotopic (exact) mass is 626 g/mol. The molecule has 6 rings (SSSR count). The van der Waals surface area contributed by atoms with Gasteiger partial charge in [-0.05, 0) is 54.4 Å². The van der Waals surface area contributed by atoms with Gasteiger partial charge in [0.1, 0.15) is 5.82 Å². The lowest BCUT2D eigenvalue weighted by molar-refractivity contribution is -0.140. The van der Waals surface area contributed by atoms with Gasteiger partial charge >= 0.3 is 6.18 Å². The van der Waals surface area contributed by atoms with Crippen molar-refractivity contribution in [1.82, 2.24) is 13.5 Å². The predicted molar refractivity (Wildman–Crippen MR) is 157 cm³/mol. The molecule has 1 aliphatic heterocycles. The molecule has 13 heteroatoms. The number of aromatic nitrogens is 3. The molecule has 1 saturated heterocycles. The van der Waals surface area contributed by atoms with Crippen molar-refractivity contribution in [2.24, 2.45) is 0 Å². The van der Waals surface area contributed by atoms with Crippen molar-refractivity contribution in [2.45, 2.75) is 24.5 Å². The van der Waals surface area contributed by atoms with Crippen LogP contribution in [-0.4, -0.2) is 48.2 Å². The molecular weight excluding hydrogens is 600 g/mol. The number of anilines is 1. The van der Waals surface area contributed by atoms with Crippen LogP contribution in [0.5, 0.6) is 0 Å². The quantitative estimate of drug-likeness (QED) is 0.233. The highest BCUT2D eigenvalue weighted by atomic mass is 32.2. The van der Waals surface area contributed by atoms with Crippen LogP contribution in [0.1, 0.15) is 16.7 Å². The SMILES string of the molecule is Cc1ccc(S(=O)(=O)n2cc(-c3ccn(Cc4ccc(C(F)(F)F)c(F)c4)c(=O)c3)c3cc(N4CCOCC4)cnc32)cc1. The largest absolute Gasteiger partial charge is 0.419 e. The Morgan fingerprint density at radius 3 is 2.36 bits per heavy atom. The van der Waals surface area contributed by atoms with Gasteiger partial charge in [0.05, 0.1) is 42.1 Å². The van der Waals surface area contributed by atoms with Gasteiger partial charge in [-0.25, -0.2) is 21.8 Å². The van der Waals surface area contributed by atoms with E-state index in [4.69, 9.17) is 4.74 Å². The number of fused-ring (bicyclic) bond motifs is 1. The third-order valence-corrected chi connectivity index (χ3v) is 9.21. The molecule has 5 aromatic rings. The molecule has 1 fully saturated rings. The number of alkyl halides is 3. The van der Waals surface area contributed by atoms with Crippen molar-refractivity contribution in [3.63, 3.8) is 0 Å². The molecule has 0 unspecified atom stereocenters. The summed E-state index contributed by atoms with van der Waals surface area (Å²) in [6, 6.07) is 13.7. The summed E-state index contributed by atoms with van der Waals surface area (Å²) in [7, 11) is -4.06. The summed E-state index contributed by atoms with van der Waals surface area (Å²) in [6.07, 6.45) is -0.353. The second-order valence-corrected chi connectivity index (χ2v) is 12.3. The number of morpholine rings is 1. The topological polar surface area (TPSA) is 86.4 Å². The summed E-state index contributed by atoms with van der Waals surface area (Å²) in [6.45, 7) is 4.02. The molecule has 0 bridgehead atoms. The summed E-state index contributed by atoms with van der Waals surface area (Å²) in [5.41, 5.74) is 0.984. The maximum absolute atomic E-state index is 14.1. The molecule has 0 saturated carbocycles. The minimum absolute atomic E-state index is 0.0739. The fraction of sp³-hybridized carbons (Fsp3) is 0.226. The smallest absolute Gasteiger partial charge is 0.378 e. The number of halogens is 4. The Bertz CT molecular complexity index is 2030. The fourth-order valence-corrected chi connectivity index (χ4v) is 6.51. The Morgan fingerprint density at radius 2 is 1.70 bits per heavy atom. The maximum Gasteiger partial charge on any atom is 0.419 e. The van der Waals surface area contributed by atoms with Gasteiger partial charge in [-0.1, -0.05) is 23.8 Å². The van der Waals surface area contributed by atoms with E-state index in [2.05, 4.69) is 9.88 Å². The highest BCUT2D eigenvalue weighted by molar-refractivity contribution is 7.90. The van der Waals surface area contributed by atoms with Crippen molar-refractivity contribution in [2.75, 3.05) is 31.2 Å². The molecular formula is C31H26F4N4O4S. The lowest BCUT2D eigenvalue weighted by Gasteiger charge is -2.28. The molecule has 0 atom stereocenters. The molecule has 1 aliphatic rings. The molecule has 8 nitrogen and oxygen atoms in total. The van der Waals surface area contributed by atoms with Crippen LogP contribution in [0.25, 0.3) is 22.2 Å². The predicted octanol–water partition coefficient (Wildman–Crippen LogP) is 5.45. The minimum Gasteiger partial charge on any atom is -0.378 e. The van der Waals surface area contributed by atoms with E-state index in [-0.39, 0.29) is 22.7 Å². The average Bonchev–Trinajstić information content (AvgIpc) is 3.38. The lowest BCUT2D eigenvalue weighted by Crippen LogP contribution is -2.36. The first kappa shape index (κ1) is 29.6. The van der Waals surface area contributed by atoms with E-state index in [1.165, 1.54) is 35.2 Å². The van der Waals surface area contributed by atoms with E-state index < -0.39 is 33.1 Å². The van der Waals surface area contributed by atoms with E-state index >= 15 is 0 Å². The zero-order valence-corrected chi connectivity index (χ0v) is 24.2. The van der Waals surface area contributed by atoms with Gasteiger partial charge in [-0.15, -0.1) is 0 Å². The van der Waals surface area contributed by atoms with Crippen LogP contribution in [0.3, 0.4) is 0 Å². The summed E-state index contributed by atoms with van der Waals surface area (Å²) in [4.78, 5) is 19.9. The van der Waals surface area contributed by atoms with Crippen LogP contribution in [0, 0.1) is 12.7 Å². The first-order chi connectivity index (χ1) is 20.9. The number of hydrogen-bond donors (Lipinski definition) is 0. The Balaban J connectivity index is 1.43. The molecule has 0 aliphatic carbocycles. The van der Waals surface area contributed by atoms with Crippen LogP contribution in [0.2, 0.25) is 0 Å². The number of hydrogen-bond acceptors (Lipinski definition) is 6. The summed E-state index contributed by atoms with van der Waals surface area (Å²) in [5.74, 6) is -1.43. The van der Waals surface area contributed by atoms with E-state index in [9.17, 15) is 30.8 Å². The van der Waals surface area contributed by atoms with Gasteiger partial charge in [0.25, 0.3) is 15.6 Å². The molecule has 0 radical (unpaired) electrons. The molecule has 0 amide bonds. The van der Waals surface area contributed by atoms with Crippen molar-refractivity contribution >= 4 is 26.7 Å². The molecule has 0 N–H and O–H groups in total. The second kappa shape index (κ2) is 11.2. The Kier molecular flexibility index (Phi) is 7.54. The highest BCUT2D eigenvalue weighted by Crippen LogP contribution is 2.35. The van der Waals surface area contributed by atoms with Crippen molar-refractivity contribution in [3.05, 3.63) is 112 Å². The van der Waals surface area contributed by atoms with Crippen LogP contribution in [0.4, 0.5) is 23.2 Å². The summed E-state index contributed by atoms with van der Waals surface area (Å²) < 4.78 is 88.3. The molecule has 2 aromatic carbocycles. The Hall–Kier alpha value is -4.49. The third kappa shape index (κ3) is 5.60. The number of benzene rings is 2. The lowest BCUT2D eigenvalue weighted by atomic mass is 10.1. The van der Waals surface area contributed by atoms with E-state index in [1.54, 1.807) is 24.4 Å².